The van der Waals surface area contributed by atoms with Crippen molar-refractivity contribution in [3.05, 3.63) is 88.3 Å². The highest BCUT2D eigenvalue weighted by molar-refractivity contribution is 7.83. The van der Waals surface area contributed by atoms with Crippen LogP contribution in [0.4, 0.5) is 0 Å². The first-order valence-electron chi connectivity index (χ1n) is 9.22. The summed E-state index contributed by atoms with van der Waals surface area (Å²) in [7, 11) is -1.17. The maximum Gasteiger partial charge on any atom is 0.287 e. The molecule has 0 aliphatic rings. The summed E-state index contributed by atoms with van der Waals surface area (Å²) in [6.07, 6.45) is 0. The predicted octanol–water partition coefficient (Wildman–Crippen LogP) is 4.71. The van der Waals surface area contributed by atoms with Crippen molar-refractivity contribution in [1.82, 2.24) is 5.32 Å². The van der Waals surface area contributed by atoms with E-state index in [0.717, 1.165) is 16.9 Å². The Kier molecular flexibility index (Phi) is 7.49. The van der Waals surface area contributed by atoms with E-state index in [0.29, 0.717) is 29.7 Å². The van der Waals surface area contributed by atoms with Gasteiger partial charge < -0.3 is 14.5 Å². The summed E-state index contributed by atoms with van der Waals surface area (Å²) in [5.41, 5.74) is 1.78. The molecule has 1 atom stereocenters. The molecule has 0 bridgehead atoms. The van der Waals surface area contributed by atoms with Crippen LogP contribution in [-0.2, 0) is 28.9 Å². The third kappa shape index (κ3) is 6.21. The molecule has 152 valence electrons. The van der Waals surface area contributed by atoms with Crippen LogP contribution in [0.25, 0.3) is 0 Å². The molecule has 2 aromatic carbocycles. The molecule has 0 fully saturated rings. The van der Waals surface area contributed by atoms with Crippen LogP contribution in [0.2, 0.25) is 5.02 Å². The Balaban J connectivity index is 1.55. The Morgan fingerprint density at radius 3 is 2.72 bits per heavy atom. The quantitative estimate of drug-likeness (QED) is 0.532. The molecule has 29 heavy (non-hydrogen) atoms. The van der Waals surface area contributed by atoms with Crippen molar-refractivity contribution in [1.29, 1.82) is 0 Å². The Bertz CT molecular complexity index is 1000. The molecule has 1 aromatic heterocycles. The molecule has 3 rings (SSSR count). The van der Waals surface area contributed by atoms with Crippen LogP contribution in [0.3, 0.4) is 0 Å². The van der Waals surface area contributed by atoms with E-state index in [1.165, 1.54) is 0 Å². The van der Waals surface area contributed by atoms with Crippen molar-refractivity contribution in [2.75, 3.05) is 6.61 Å². The minimum atomic E-state index is -1.17. The van der Waals surface area contributed by atoms with E-state index in [1.807, 2.05) is 43.3 Å². The number of benzene rings is 2. The number of carbonyl (C=O) groups excluding carboxylic acids is 1. The Labute approximate surface area is 177 Å². The topological polar surface area (TPSA) is 68.5 Å². The standard InChI is InChI=1S/C22H22ClNO4S/c1-2-27-20-9-4-3-7-17(20)13-24-22(25)21-11-10-19(28-21)15-29(26)14-16-6-5-8-18(23)12-16/h3-12H,2,13-15H2,1H3,(H,24,25). The normalized spacial score (nSPS) is 11.8. The van der Waals surface area contributed by atoms with Crippen molar-refractivity contribution in [2.24, 2.45) is 0 Å². The van der Waals surface area contributed by atoms with E-state index < -0.39 is 10.8 Å². The maximum absolute atomic E-state index is 12.4. The van der Waals surface area contributed by atoms with Gasteiger partial charge in [-0.25, -0.2) is 0 Å². The second kappa shape index (κ2) is 10.3. The summed E-state index contributed by atoms with van der Waals surface area (Å²) in [5, 5.41) is 3.44. The lowest BCUT2D eigenvalue weighted by atomic mass is 10.2. The maximum atomic E-state index is 12.4. The lowest BCUT2D eigenvalue weighted by Crippen LogP contribution is -2.22. The van der Waals surface area contributed by atoms with Gasteiger partial charge in [0, 0.05) is 33.7 Å². The summed E-state index contributed by atoms with van der Waals surface area (Å²) in [6.45, 7) is 2.79. The number of amides is 1. The van der Waals surface area contributed by atoms with Crippen LogP contribution >= 0.6 is 11.6 Å². The molecule has 7 heteroatoms. The van der Waals surface area contributed by atoms with Crippen LogP contribution in [0.1, 0.15) is 34.4 Å². The van der Waals surface area contributed by atoms with Gasteiger partial charge >= 0.3 is 0 Å². The number of ether oxygens (including phenoxy) is 1. The number of hydrogen-bond acceptors (Lipinski definition) is 4. The van der Waals surface area contributed by atoms with Gasteiger partial charge in [-0.1, -0.05) is 41.9 Å². The highest BCUT2D eigenvalue weighted by Gasteiger charge is 2.14. The van der Waals surface area contributed by atoms with Gasteiger partial charge in [0.1, 0.15) is 11.5 Å². The van der Waals surface area contributed by atoms with Gasteiger partial charge in [-0.15, -0.1) is 0 Å². The van der Waals surface area contributed by atoms with Gasteiger partial charge in [0.15, 0.2) is 5.76 Å². The molecule has 1 unspecified atom stereocenters. The zero-order valence-corrected chi connectivity index (χ0v) is 17.6. The minimum Gasteiger partial charge on any atom is -0.494 e. The molecular weight excluding hydrogens is 410 g/mol. The monoisotopic (exact) mass is 431 g/mol. The van der Waals surface area contributed by atoms with Crippen molar-refractivity contribution >= 4 is 28.3 Å². The number of furan rings is 1. The third-order valence-electron chi connectivity index (χ3n) is 4.12. The Hall–Kier alpha value is -2.57. The summed E-state index contributed by atoms with van der Waals surface area (Å²) < 4.78 is 23.5. The van der Waals surface area contributed by atoms with Gasteiger partial charge in [-0.05, 0) is 42.8 Å². The van der Waals surface area contributed by atoms with Crippen LogP contribution in [-0.4, -0.2) is 16.7 Å². The number of halogens is 1. The van der Waals surface area contributed by atoms with Gasteiger partial charge in [0.25, 0.3) is 5.91 Å². The summed E-state index contributed by atoms with van der Waals surface area (Å²) in [4.78, 5) is 12.4. The highest BCUT2D eigenvalue weighted by atomic mass is 35.5. The van der Waals surface area contributed by atoms with E-state index in [4.69, 9.17) is 20.8 Å². The summed E-state index contributed by atoms with van der Waals surface area (Å²) in [6, 6.07) is 18.1. The second-order valence-electron chi connectivity index (χ2n) is 6.35. The predicted molar refractivity (Wildman–Crippen MR) is 114 cm³/mol. The first kappa shape index (κ1) is 21.1. The molecule has 0 saturated carbocycles. The van der Waals surface area contributed by atoms with E-state index in [-0.39, 0.29) is 17.4 Å². The van der Waals surface area contributed by atoms with E-state index in [1.54, 1.807) is 24.3 Å². The van der Waals surface area contributed by atoms with Gasteiger partial charge in [-0.3, -0.25) is 9.00 Å². The van der Waals surface area contributed by atoms with Crippen LogP contribution < -0.4 is 10.1 Å². The van der Waals surface area contributed by atoms with Crippen molar-refractivity contribution < 1.29 is 18.2 Å². The molecule has 0 radical (unpaired) electrons. The zero-order valence-electron chi connectivity index (χ0n) is 16.0. The van der Waals surface area contributed by atoms with Gasteiger partial charge in [0.2, 0.25) is 0 Å². The first-order chi connectivity index (χ1) is 14.0. The SMILES string of the molecule is CCOc1ccccc1CNC(=O)c1ccc(CS(=O)Cc2cccc(Cl)c2)o1. The van der Waals surface area contributed by atoms with Crippen LogP contribution in [0.5, 0.6) is 5.75 Å². The molecule has 3 aromatic rings. The second-order valence-corrected chi connectivity index (χ2v) is 8.24. The fourth-order valence-corrected chi connectivity index (χ4v) is 4.15. The average molecular weight is 432 g/mol. The van der Waals surface area contributed by atoms with Gasteiger partial charge in [-0.2, -0.15) is 0 Å². The Morgan fingerprint density at radius 1 is 1.10 bits per heavy atom. The fourth-order valence-electron chi connectivity index (χ4n) is 2.81. The number of para-hydroxylation sites is 1. The molecule has 1 N–H and O–H groups in total. The molecule has 1 amide bonds. The smallest absolute Gasteiger partial charge is 0.287 e. The largest absolute Gasteiger partial charge is 0.494 e. The van der Waals surface area contributed by atoms with Crippen molar-refractivity contribution in [2.45, 2.75) is 25.0 Å². The van der Waals surface area contributed by atoms with Crippen LogP contribution in [0, 0.1) is 0 Å². The summed E-state index contributed by atoms with van der Waals surface area (Å²) >= 11 is 5.96. The highest BCUT2D eigenvalue weighted by Crippen LogP contribution is 2.18. The molecule has 0 aliphatic carbocycles. The van der Waals surface area contributed by atoms with Crippen LogP contribution in [0.15, 0.2) is 65.1 Å². The van der Waals surface area contributed by atoms with Gasteiger partial charge in [0.05, 0.1) is 12.4 Å². The third-order valence-corrected chi connectivity index (χ3v) is 5.61. The number of hydrogen-bond donors (Lipinski definition) is 1. The van der Waals surface area contributed by atoms with E-state index in [2.05, 4.69) is 5.32 Å². The van der Waals surface area contributed by atoms with Crippen molar-refractivity contribution in [3.63, 3.8) is 0 Å². The van der Waals surface area contributed by atoms with Crippen molar-refractivity contribution in [3.8, 4) is 5.75 Å². The molecule has 0 spiro atoms. The lowest BCUT2D eigenvalue weighted by Gasteiger charge is -2.10. The molecule has 0 saturated heterocycles. The molecule has 1 heterocycles. The fraction of sp³-hybridized carbons (Fsp3) is 0.227. The van der Waals surface area contributed by atoms with E-state index in [9.17, 15) is 9.00 Å². The average Bonchev–Trinajstić information content (AvgIpc) is 3.15. The number of rotatable bonds is 9. The first-order valence-corrected chi connectivity index (χ1v) is 11.1. The minimum absolute atomic E-state index is 0.189. The van der Waals surface area contributed by atoms with E-state index >= 15 is 0 Å². The summed E-state index contributed by atoms with van der Waals surface area (Å²) in [5.74, 6) is 1.71. The molecular formula is C22H22ClNO4S. The molecule has 5 nitrogen and oxygen atoms in total. The zero-order chi connectivity index (χ0) is 20.6. The molecule has 0 aliphatic heterocycles. The number of carbonyl (C=O) groups is 1. The Morgan fingerprint density at radius 2 is 1.93 bits per heavy atom. The lowest BCUT2D eigenvalue weighted by molar-refractivity contribution is 0.0921. The number of nitrogens with one attached hydrogen (secondary N) is 1.